The van der Waals surface area contributed by atoms with E-state index in [0.29, 0.717) is 11.3 Å². The number of aromatic nitrogens is 1. The Labute approximate surface area is 74.8 Å². The third kappa shape index (κ3) is 1.03. The highest BCUT2D eigenvalue weighted by atomic mass is 16.1. The fourth-order valence-electron chi connectivity index (χ4n) is 1.41. The molecular weight excluding hydrogens is 166 g/mol. The third-order valence-electron chi connectivity index (χ3n) is 1.96. The van der Waals surface area contributed by atoms with Gasteiger partial charge in [0.05, 0.1) is 16.8 Å². The van der Waals surface area contributed by atoms with E-state index in [1.807, 2.05) is 18.3 Å². The first kappa shape index (κ1) is 7.67. The number of pyridine rings is 1. The van der Waals surface area contributed by atoms with E-state index in [-0.39, 0.29) is 0 Å². The van der Waals surface area contributed by atoms with Crippen molar-refractivity contribution >= 4 is 17.1 Å². The maximum absolute atomic E-state index is 11.0. The summed E-state index contributed by atoms with van der Waals surface area (Å²) in [7, 11) is 0. The van der Waals surface area contributed by atoms with Crippen LogP contribution < -0.4 is 11.5 Å². The van der Waals surface area contributed by atoms with Crippen LogP contribution in [0.5, 0.6) is 0 Å². The molecule has 0 fully saturated rings. The minimum absolute atomic E-state index is 0.389. The van der Waals surface area contributed by atoms with Gasteiger partial charge in [-0.25, -0.2) is 0 Å². The van der Waals surface area contributed by atoms with Gasteiger partial charge in [0.15, 0.2) is 0 Å². The van der Waals surface area contributed by atoms with Crippen LogP contribution in [0, 0.1) is 0 Å². The minimum Gasteiger partial charge on any atom is -0.397 e. The average molecular weight is 175 g/mol. The highest BCUT2D eigenvalue weighted by molar-refractivity contribution is 6.05. The van der Waals surface area contributed by atoms with Crippen molar-refractivity contribution in [3.8, 4) is 0 Å². The Kier molecular flexibility index (Phi) is 1.48. The molecule has 66 valence electrons. The molecule has 0 aliphatic rings. The lowest BCUT2D eigenvalue weighted by atomic mass is 10.2. The summed E-state index contributed by atoms with van der Waals surface area (Å²) in [5.41, 5.74) is 12.4. The number of rotatable bonds is 1. The zero-order valence-electron chi connectivity index (χ0n) is 6.90. The summed E-state index contributed by atoms with van der Waals surface area (Å²) in [4.78, 5) is 11.0. The molecule has 0 aliphatic heterocycles. The maximum Gasteiger partial charge on any atom is 0.252 e. The molecule has 0 spiro atoms. The molecule has 2 heterocycles. The highest BCUT2D eigenvalue weighted by Gasteiger charge is 2.11. The summed E-state index contributed by atoms with van der Waals surface area (Å²) in [6, 6.07) is 5.49. The number of primary amides is 1. The first-order chi connectivity index (χ1) is 6.20. The largest absolute Gasteiger partial charge is 0.397 e. The molecule has 0 saturated heterocycles. The van der Waals surface area contributed by atoms with Crippen molar-refractivity contribution < 1.29 is 4.79 Å². The van der Waals surface area contributed by atoms with Crippen molar-refractivity contribution in [3.05, 3.63) is 36.2 Å². The van der Waals surface area contributed by atoms with E-state index in [4.69, 9.17) is 11.5 Å². The number of carbonyl (C=O) groups excluding carboxylic acids is 1. The number of hydrogen-bond donors (Lipinski definition) is 2. The number of hydrogen-bond acceptors (Lipinski definition) is 2. The average Bonchev–Trinajstić information content (AvgIpc) is 2.39. The number of carbonyl (C=O) groups is 1. The summed E-state index contributed by atoms with van der Waals surface area (Å²) in [6.45, 7) is 0. The standard InChI is InChI=1S/C9H9N3O/c10-6-5-12-4-2-1-3-7(12)8(6)9(11)13/h1-5H,10H2,(H2,11,13). The summed E-state index contributed by atoms with van der Waals surface area (Å²) < 4.78 is 1.77. The summed E-state index contributed by atoms with van der Waals surface area (Å²) in [5.74, 6) is -0.494. The molecule has 0 atom stereocenters. The Morgan fingerprint density at radius 2 is 2.15 bits per heavy atom. The van der Waals surface area contributed by atoms with Crippen molar-refractivity contribution in [1.29, 1.82) is 0 Å². The fraction of sp³-hybridized carbons (Fsp3) is 0. The van der Waals surface area contributed by atoms with Gasteiger partial charge in [-0.3, -0.25) is 4.79 Å². The van der Waals surface area contributed by atoms with Crippen LogP contribution in [0.3, 0.4) is 0 Å². The highest BCUT2D eigenvalue weighted by Crippen LogP contribution is 2.19. The van der Waals surface area contributed by atoms with Crippen LogP contribution >= 0.6 is 0 Å². The SMILES string of the molecule is NC(=O)c1c(N)cn2ccccc12. The molecule has 4 heteroatoms. The van der Waals surface area contributed by atoms with Crippen molar-refractivity contribution in [2.75, 3.05) is 5.73 Å². The Hall–Kier alpha value is -1.97. The molecule has 0 radical (unpaired) electrons. The quantitative estimate of drug-likeness (QED) is 0.666. The molecule has 0 saturated carbocycles. The molecule has 2 aromatic heterocycles. The van der Waals surface area contributed by atoms with Crippen LogP contribution in [-0.2, 0) is 0 Å². The molecule has 4 nitrogen and oxygen atoms in total. The Morgan fingerprint density at radius 1 is 1.38 bits per heavy atom. The van der Waals surface area contributed by atoms with Gasteiger partial charge in [-0.1, -0.05) is 6.07 Å². The summed E-state index contributed by atoms with van der Waals surface area (Å²) in [5, 5.41) is 0. The van der Waals surface area contributed by atoms with Crippen LogP contribution in [-0.4, -0.2) is 10.3 Å². The van der Waals surface area contributed by atoms with Gasteiger partial charge in [-0.05, 0) is 12.1 Å². The molecule has 0 aromatic carbocycles. The Bertz CT molecular complexity index is 473. The number of anilines is 1. The van der Waals surface area contributed by atoms with Crippen molar-refractivity contribution in [2.45, 2.75) is 0 Å². The van der Waals surface area contributed by atoms with E-state index in [0.717, 1.165) is 5.52 Å². The van der Waals surface area contributed by atoms with Crippen LogP contribution in [0.25, 0.3) is 5.52 Å². The molecule has 4 N–H and O–H groups in total. The topological polar surface area (TPSA) is 73.5 Å². The predicted octanol–water partition coefficient (Wildman–Crippen LogP) is 0.620. The van der Waals surface area contributed by atoms with E-state index in [1.165, 1.54) is 0 Å². The lowest BCUT2D eigenvalue weighted by Gasteiger charge is -1.94. The second-order valence-corrected chi connectivity index (χ2v) is 2.82. The van der Waals surface area contributed by atoms with Crippen molar-refractivity contribution in [2.24, 2.45) is 5.73 Å². The van der Waals surface area contributed by atoms with Crippen LogP contribution in [0.15, 0.2) is 30.6 Å². The fourth-order valence-corrected chi connectivity index (χ4v) is 1.41. The van der Waals surface area contributed by atoms with Crippen LogP contribution in [0.2, 0.25) is 0 Å². The summed E-state index contributed by atoms with van der Waals surface area (Å²) in [6.07, 6.45) is 3.49. The van der Waals surface area contributed by atoms with Crippen LogP contribution in [0.1, 0.15) is 10.4 Å². The molecule has 0 bridgehead atoms. The second kappa shape index (κ2) is 2.52. The minimum atomic E-state index is -0.494. The second-order valence-electron chi connectivity index (χ2n) is 2.82. The molecule has 0 unspecified atom stereocenters. The Balaban J connectivity index is 2.86. The van der Waals surface area contributed by atoms with Gasteiger partial charge < -0.3 is 15.9 Å². The van der Waals surface area contributed by atoms with Crippen molar-refractivity contribution in [3.63, 3.8) is 0 Å². The van der Waals surface area contributed by atoms with Crippen LogP contribution in [0.4, 0.5) is 5.69 Å². The molecule has 2 rings (SSSR count). The lowest BCUT2D eigenvalue weighted by Crippen LogP contribution is -2.12. The van der Waals surface area contributed by atoms with E-state index in [9.17, 15) is 4.79 Å². The predicted molar refractivity (Wildman–Crippen MR) is 50.3 cm³/mol. The molecule has 2 aromatic rings. The monoisotopic (exact) mass is 175 g/mol. The number of nitrogen functional groups attached to an aromatic ring is 1. The first-order valence-electron chi connectivity index (χ1n) is 3.85. The molecule has 0 aliphatic carbocycles. The van der Waals surface area contributed by atoms with Gasteiger partial charge in [-0.15, -0.1) is 0 Å². The molecular formula is C9H9N3O. The van der Waals surface area contributed by atoms with Gasteiger partial charge in [0.1, 0.15) is 0 Å². The van der Waals surface area contributed by atoms with Gasteiger partial charge >= 0.3 is 0 Å². The van der Waals surface area contributed by atoms with Gasteiger partial charge in [0.2, 0.25) is 0 Å². The van der Waals surface area contributed by atoms with Crippen molar-refractivity contribution in [1.82, 2.24) is 4.40 Å². The third-order valence-corrected chi connectivity index (χ3v) is 1.96. The molecule has 13 heavy (non-hydrogen) atoms. The van der Waals surface area contributed by atoms with E-state index < -0.39 is 5.91 Å². The summed E-state index contributed by atoms with van der Waals surface area (Å²) >= 11 is 0. The van der Waals surface area contributed by atoms with E-state index >= 15 is 0 Å². The number of fused-ring (bicyclic) bond motifs is 1. The van der Waals surface area contributed by atoms with Gasteiger partial charge in [0, 0.05) is 12.4 Å². The zero-order valence-corrected chi connectivity index (χ0v) is 6.90. The maximum atomic E-state index is 11.0. The van der Waals surface area contributed by atoms with Gasteiger partial charge in [-0.2, -0.15) is 0 Å². The zero-order chi connectivity index (χ0) is 9.42. The molecule has 1 amide bonds. The smallest absolute Gasteiger partial charge is 0.252 e. The number of amides is 1. The van der Waals surface area contributed by atoms with E-state index in [1.54, 1.807) is 16.7 Å². The van der Waals surface area contributed by atoms with Gasteiger partial charge in [0.25, 0.3) is 5.91 Å². The lowest BCUT2D eigenvalue weighted by molar-refractivity contribution is 0.100. The normalized spacial score (nSPS) is 10.5. The first-order valence-corrected chi connectivity index (χ1v) is 3.85. The number of nitrogens with zero attached hydrogens (tertiary/aromatic N) is 1. The number of nitrogens with two attached hydrogens (primary N) is 2. The van der Waals surface area contributed by atoms with E-state index in [2.05, 4.69) is 0 Å². The Morgan fingerprint density at radius 3 is 2.85 bits per heavy atom.